The minimum Gasteiger partial charge on any atom is -0.462 e. The Morgan fingerprint density at radius 2 is 0.524 bits per heavy atom. The van der Waals surface area contributed by atoms with Crippen LogP contribution in [0.5, 0.6) is 0 Å². The van der Waals surface area contributed by atoms with Crippen LogP contribution < -0.4 is 0 Å². The summed E-state index contributed by atoms with van der Waals surface area (Å²) in [6, 6.07) is 0. The highest BCUT2D eigenvalue weighted by Crippen LogP contribution is 2.18. The Bertz CT molecular complexity index is 962. The van der Waals surface area contributed by atoms with E-state index >= 15 is 0 Å². The van der Waals surface area contributed by atoms with Gasteiger partial charge < -0.3 is 14.2 Å². The van der Waals surface area contributed by atoms with Gasteiger partial charge in [-0.1, -0.05) is 279 Å². The number of hydrogen-bond donors (Lipinski definition) is 0. The molecule has 0 aromatic rings. The summed E-state index contributed by atoms with van der Waals surface area (Å²) < 4.78 is 16.9. The minimum absolute atomic E-state index is 0.0628. The first-order chi connectivity index (χ1) is 30.7. The van der Waals surface area contributed by atoms with E-state index in [4.69, 9.17) is 14.2 Å². The first kappa shape index (κ1) is 61.4. The van der Waals surface area contributed by atoms with Gasteiger partial charge in [-0.25, -0.2) is 0 Å². The van der Waals surface area contributed by atoms with Crippen LogP contribution in [0, 0.1) is 11.8 Å². The van der Waals surface area contributed by atoms with Crippen molar-refractivity contribution in [2.24, 2.45) is 11.8 Å². The summed E-state index contributed by atoms with van der Waals surface area (Å²) in [6.45, 7) is 11.4. The maximum absolute atomic E-state index is 12.8. The molecule has 0 aliphatic heterocycles. The second-order valence-corrected chi connectivity index (χ2v) is 20.5. The van der Waals surface area contributed by atoms with Gasteiger partial charge in [0.05, 0.1) is 0 Å². The van der Waals surface area contributed by atoms with Crippen molar-refractivity contribution in [2.75, 3.05) is 13.2 Å². The number of rotatable bonds is 51. The zero-order valence-electron chi connectivity index (χ0n) is 43.2. The lowest BCUT2D eigenvalue weighted by atomic mass is 10.0. The number of carbonyl (C=O) groups excluding carboxylic acids is 3. The molecule has 0 aromatic heterocycles. The molecule has 63 heavy (non-hydrogen) atoms. The van der Waals surface area contributed by atoms with Crippen molar-refractivity contribution in [1.82, 2.24) is 0 Å². The number of ether oxygens (including phenoxy) is 3. The molecule has 0 fully saturated rings. The van der Waals surface area contributed by atoms with Crippen molar-refractivity contribution in [3.05, 3.63) is 0 Å². The molecule has 0 saturated heterocycles. The largest absolute Gasteiger partial charge is 0.462 e. The van der Waals surface area contributed by atoms with Gasteiger partial charge in [0.1, 0.15) is 13.2 Å². The lowest BCUT2D eigenvalue weighted by molar-refractivity contribution is -0.167. The van der Waals surface area contributed by atoms with Gasteiger partial charge in [0.15, 0.2) is 6.10 Å². The zero-order valence-corrected chi connectivity index (χ0v) is 43.2. The van der Waals surface area contributed by atoms with Crippen LogP contribution in [0.4, 0.5) is 0 Å². The van der Waals surface area contributed by atoms with Gasteiger partial charge in [-0.15, -0.1) is 0 Å². The third-order valence-corrected chi connectivity index (χ3v) is 13.0. The highest BCUT2D eigenvalue weighted by Gasteiger charge is 2.19. The first-order valence-corrected chi connectivity index (χ1v) is 28.2. The predicted octanol–water partition coefficient (Wildman–Crippen LogP) is 18.5. The first-order valence-electron chi connectivity index (χ1n) is 28.2. The van der Waals surface area contributed by atoms with E-state index < -0.39 is 6.10 Å². The Kier molecular flexibility index (Phi) is 48.6. The van der Waals surface area contributed by atoms with Gasteiger partial charge in [0.25, 0.3) is 0 Å². The van der Waals surface area contributed by atoms with Crippen LogP contribution in [-0.4, -0.2) is 37.2 Å². The Morgan fingerprint density at radius 1 is 0.302 bits per heavy atom. The molecule has 0 unspecified atom stereocenters. The van der Waals surface area contributed by atoms with Crippen LogP contribution in [0.3, 0.4) is 0 Å². The molecular weight excluding hydrogens is 781 g/mol. The maximum Gasteiger partial charge on any atom is 0.306 e. The fraction of sp³-hybridized carbons (Fsp3) is 0.947. The molecule has 6 nitrogen and oxygen atoms in total. The minimum atomic E-state index is -0.762. The van der Waals surface area contributed by atoms with Crippen molar-refractivity contribution in [3.63, 3.8) is 0 Å². The zero-order chi connectivity index (χ0) is 46.1. The smallest absolute Gasteiger partial charge is 0.306 e. The molecule has 0 saturated carbocycles. The second kappa shape index (κ2) is 49.8. The molecule has 0 rings (SSSR count). The normalized spacial score (nSPS) is 12.0. The fourth-order valence-corrected chi connectivity index (χ4v) is 8.70. The molecule has 0 bridgehead atoms. The molecule has 0 aliphatic rings. The van der Waals surface area contributed by atoms with E-state index in [2.05, 4.69) is 34.6 Å². The molecular formula is C57H110O6. The SMILES string of the molecule is CCCCCCCCCCCCCCC(=O)OC[C@@H](COC(=O)CCCCCCCCCCCCCCCCC(C)C)OC(=O)CCCCCCCCCCCCCCCC(C)C. The van der Waals surface area contributed by atoms with Gasteiger partial charge >= 0.3 is 17.9 Å². The van der Waals surface area contributed by atoms with E-state index in [1.807, 2.05) is 0 Å². The number of esters is 3. The number of hydrogen-bond acceptors (Lipinski definition) is 6. The Hall–Kier alpha value is -1.59. The van der Waals surface area contributed by atoms with Crippen molar-refractivity contribution in [2.45, 2.75) is 323 Å². The van der Waals surface area contributed by atoms with Gasteiger partial charge in [-0.2, -0.15) is 0 Å². The standard InChI is InChI=1S/C57H110O6/c1-6-7-8-9-10-11-12-22-27-32-37-42-47-55(58)61-50-54(63-57(60)49-44-39-34-29-24-19-15-17-21-26-31-36-41-46-53(4)5)51-62-56(59)48-43-38-33-28-23-18-14-13-16-20-25-30-35-40-45-52(2)3/h52-54H,6-51H2,1-5H3/t54-/m0/s1. The van der Waals surface area contributed by atoms with Crippen molar-refractivity contribution in [1.29, 1.82) is 0 Å². The topological polar surface area (TPSA) is 78.9 Å². The van der Waals surface area contributed by atoms with E-state index in [1.54, 1.807) is 0 Å². The van der Waals surface area contributed by atoms with Crippen LogP contribution in [-0.2, 0) is 28.6 Å². The summed E-state index contributed by atoms with van der Waals surface area (Å²) in [6.07, 6.45) is 52.3. The van der Waals surface area contributed by atoms with Gasteiger partial charge in [-0.3, -0.25) is 14.4 Å². The van der Waals surface area contributed by atoms with Crippen molar-refractivity contribution >= 4 is 17.9 Å². The van der Waals surface area contributed by atoms with E-state index in [-0.39, 0.29) is 31.1 Å². The highest BCUT2D eigenvalue weighted by molar-refractivity contribution is 5.71. The summed E-state index contributed by atoms with van der Waals surface area (Å²) in [5, 5.41) is 0. The third-order valence-electron chi connectivity index (χ3n) is 13.0. The maximum atomic E-state index is 12.8. The van der Waals surface area contributed by atoms with Gasteiger partial charge in [0.2, 0.25) is 0 Å². The van der Waals surface area contributed by atoms with Gasteiger partial charge in [0, 0.05) is 19.3 Å². The average Bonchev–Trinajstić information content (AvgIpc) is 3.25. The summed E-state index contributed by atoms with van der Waals surface area (Å²) >= 11 is 0. The fourth-order valence-electron chi connectivity index (χ4n) is 8.70. The molecule has 0 radical (unpaired) electrons. The highest BCUT2D eigenvalue weighted by atomic mass is 16.6. The molecule has 6 heteroatoms. The molecule has 0 N–H and O–H groups in total. The van der Waals surface area contributed by atoms with Crippen LogP contribution in [0.1, 0.15) is 317 Å². The molecule has 0 heterocycles. The average molecular weight is 892 g/mol. The third kappa shape index (κ3) is 51.3. The lowest BCUT2D eigenvalue weighted by Gasteiger charge is -2.18. The number of carbonyl (C=O) groups is 3. The van der Waals surface area contributed by atoms with Crippen molar-refractivity contribution < 1.29 is 28.6 Å². The summed E-state index contributed by atoms with van der Waals surface area (Å²) in [5.74, 6) is 0.842. The van der Waals surface area contributed by atoms with E-state index in [9.17, 15) is 14.4 Å². The summed E-state index contributed by atoms with van der Waals surface area (Å²) in [5.41, 5.74) is 0. The molecule has 0 spiro atoms. The lowest BCUT2D eigenvalue weighted by Crippen LogP contribution is -2.30. The van der Waals surface area contributed by atoms with Crippen LogP contribution in [0.2, 0.25) is 0 Å². The van der Waals surface area contributed by atoms with Crippen LogP contribution in [0.15, 0.2) is 0 Å². The Morgan fingerprint density at radius 3 is 0.778 bits per heavy atom. The van der Waals surface area contributed by atoms with E-state index in [0.717, 1.165) is 69.6 Å². The van der Waals surface area contributed by atoms with Crippen LogP contribution in [0.25, 0.3) is 0 Å². The van der Waals surface area contributed by atoms with E-state index in [0.29, 0.717) is 19.3 Å². The van der Waals surface area contributed by atoms with E-state index in [1.165, 1.54) is 205 Å². The molecule has 0 amide bonds. The molecule has 0 aliphatic carbocycles. The summed E-state index contributed by atoms with van der Waals surface area (Å²) in [7, 11) is 0. The molecule has 374 valence electrons. The monoisotopic (exact) mass is 891 g/mol. The number of unbranched alkanes of at least 4 members (excludes halogenated alkanes) is 36. The Labute approximate surface area is 393 Å². The quantitative estimate of drug-likeness (QED) is 0.0344. The molecule has 0 aromatic carbocycles. The predicted molar refractivity (Wildman–Crippen MR) is 270 cm³/mol. The second-order valence-electron chi connectivity index (χ2n) is 20.5. The Balaban J connectivity index is 4.29. The summed E-state index contributed by atoms with van der Waals surface area (Å²) in [4.78, 5) is 38.1. The van der Waals surface area contributed by atoms with Gasteiger partial charge in [-0.05, 0) is 31.1 Å². The van der Waals surface area contributed by atoms with Crippen LogP contribution >= 0.6 is 0 Å². The molecule has 1 atom stereocenters. The van der Waals surface area contributed by atoms with Crippen molar-refractivity contribution in [3.8, 4) is 0 Å².